The number of carboxylic acid groups (broad SMARTS) is 1. The van der Waals surface area contributed by atoms with Gasteiger partial charge in [-0.25, -0.2) is 0 Å². The second-order valence-corrected chi connectivity index (χ2v) is 2.66. The van der Waals surface area contributed by atoms with Crippen LogP contribution in [0.3, 0.4) is 0 Å². The van der Waals surface area contributed by atoms with Gasteiger partial charge in [0.2, 0.25) is 0 Å². The molecule has 0 aromatic rings. The van der Waals surface area contributed by atoms with Crippen LogP contribution in [0, 0.1) is 0 Å². The SMILES string of the molecule is C/C=C/C(=O)[O-].CCOC[NH+](C)C. The van der Waals surface area contributed by atoms with E-state index in [1.165, 1.54) is 11.0 Å². The van der Waals surface area contributed by atoms with Gasteiger partial charge in [0.1, 0.15) is 0 Å². The lowest BCUT2D eigenvalue weighted by Gasteiger charge is -2.04. The van der Waals surface area contributed by atoms with Crippen molar-refractivity contribution in [2.75, 3.05) is 27.4 Å². The van der Waals surface area contributed by atoms with Gasteiger partial charge in [-0.15, -0.1) is 0 Å². The maximum absolute atomic E-state index is 9.40. The first-order chi connectivity index (χ1) is 6.04. The molecule has 0 atom stereocenters. The first kappa shape index (κ1) is 14.6. The average molecular weight is 189 g/mol. The first-order valence-electron chi connectivity index (χ1n) is 4.25. The quantitative estimate of drug-likeness (QED) is 0.430. The van der Waals surface area contributed by atoms with E-state index >= 15 is 0 Å². The smallest absolute Gasteiger partial charge is 0.181 e. The van der Waals surface area contributed by atoms with Crippen LogP contribution in [0.4, 0.5) is 0 Å². The van der Waals surface area contributed by atoms with Crippen LogP contribution in [0.25, 0.3) is 0 Å². The Kier molecular flexibility index (Phi) is 12.5. The maximum atomic E-state index is 9.40. The molecule has 13 heavy (non-hydrogen) atoms. The summed E-state index contributed by atoms with van der Waals surface area (Å²) in [5, 5.41) is 9.40. The van der Waals surface area contributed by atoms with E-state index in [4.69, 9.17) is 4.74 Å². The van der Waals surface area contributed by atoms with E-state index in [0.717, 1.165) is 19.4 Å². The average Bonchev–Trinajstić information content (AvgIpc) is 2.01. The first-order valence-corrected chi connectivity index (χ1v) is 4.25. The van der Waals surface area contributed by atoms with Crippen LogP contribution in [0.1, 0.15) is 13.8 Å². The van der Waals surface area contributed by atoms with Crippen LogP contribution in [0.2, 0.25) is 0 Å². The summed E-state index contributed by atoms with van der Waals surface area (Å²) < 4.78 is 5.06. The number of carboxylic acids is 1. The molecule has 0 aromatic heterocycles. The Morgan fingerprint density at radius 2 is 2.08 bits per heavy atom. The van der Waals surface area contributed by atoms with E-state index in [-0.39, 0.29) is 0 Å². The summed E-state index contributed by atoms with van der Waals surface area (Å²) in [5.74, 6) is -1.14. The zero-order chi connectivity index (χ0) is 10.7. The van der Waals surface area contributed by atoms with Crippen molar-refractivity contribution in [1.29, 1.82) is 0 Å². The van der Waals surface area contributed by atoms with Crippen molar-refractivity contribution in [2.24, 2.45) is 0 Å². The van der Waals surface area contributed by atoms with Crippen LogP contribution in [0.5, 0.6) is 0 Å². The molecule has 0 saturated carbocycles. The molecule has 1 N–H and O–H groups in total. The van der Waals surface area contributed by atoms with Gasteiger partial charge in [-0.2, -0.15) is 0 Å². The Hall–Kier alpha value is -0.870. The molecule has 0 heterocycles. The number of rotatable bonds is 4. The summed E-state index contributed by atoms with van der Waals surface area (Å²) in [6.07, 6.45) is 2.38. The third kappa shape index (κ3) is 24.7. The zero-order valence-corrected chi connectivity index (χ0v) is 8.79. The summed E-state index contributed by atoms with van der Waals surface area (Å²) in [4.78, 5) is 10.7. The lowest BCUT2D eigenvalue weighted by Crippen LogP contribution is -3.06. The van der Waals surface area contributed by atoms with Gasteiger partial charge in [-0.1, -0.05) is 6.08 Å². The van der Waals surface area contributed by atoms with Crippen LogP contribution in [-0.4, -0.2) is 33.4 Å². The van der Waals surface area contributed by atoms with Crippen LogP contribution in [-0.2, 0) is 9.53 Å². The molecule has 0 radical (unpaired) electrons. The highest BCUT2D eigenvalue weighted by atomic mass is 16.5. The number of hydrogen-bond donors (Lipinski definition) is 1. The number of carbonyl (C=O) groups excluding carboxylic acids is 1. The van der Waals surface area contributed by atoms with Gasteiger partial charge in [-0.05, 0) is 19.9 Å². The van der Waals surface area contributed by atoms with Crippen molar-refractivity contribution in [3.8, 4) is 0 Å². The molecule has 0 spiro atoms. The summed E-state index contributed by atoms with van der Waals surface area (Å²) in [6.45, 7) is 5.26. The second kappa shape index (κ2) is 11.1. The van der Waals surface area contributed by atoms with Gasteiger partial charge >= 0.3 is 0 Å². The van der Waals surface area contributed by atoms with Gasteiger partial charge < -0.3 is 19.5 Å². The number of ether oxygens (including phenoxy) is 1. The second-order valence-electron chi connectivity index (χ2n) is 2.66. The molecule has 0 aliphatic carbocycles. The third-order valence-electron chi connectivity index (χ3n) is 0.898. The number of carbonyl (C=O) groups is 1. The molecule has 0 bridgehead atoms. The van der Waals surface area contributed by atoms with E-state index in [2.05, 4.69) is 14.1 Å². The molecule has 0 aromatic carbocycles. The predicted octanol–water partition coefficient (Wildman–Crippen LogP) is -1.56. The molecule has 0 rings (SSSR count). The van der Waals surface area contributed by atoms with Crippen molar-refractivity contribution < 1.29 is 19.5 Å². The predicted molar refractivity (Wildman–Crippen MR) is 49.1 cm³/mol. The highest BCUT2D eigenvalue weighted by Crippen LogP contribution is 1.61. The molecule has 0 aliphatic heterocycles. The van der Waals surface area contributed by atoms with Gasteiger partial charge in [0.25, 0.3) is 0 Å². The minimum Gasteiger partial charge on any atom is -0.545 e. The van der Waals surface area contributed by atoms with Crippen molar-refractivity contribution in [3.05, 3.63) is 12.2 Å². The van der Waals surface area contributed by atoms with Crippen molar-refractivity contribution in [3.63, 3.8) is 0 Å². The molecule has 0 amide bonds. The van der Waals surface area contributed by atoms with Crippen molar-refractivity contribution in [2.45, 2.75) is 13.8 Å². The van der Waals surface area contributed by atoms with Crippen LogP contribution >= 0.6 is 0 Å². The number of allylic oxidation sites excluding steroid dienone is 1. The number of nitrogens with one attached hydrogen (secondary N) is 1. The molecule has 0 fully saturated rings. The van der Waals surface area contributed by atoms with Crippen molar-refractivity contribution in [1.82, 2.24) is 0 Å². The zero-order valence-electron chi connectivity index (χ0n) is 8.79. The number of quaternary nitrogens is 1. The molecule has 0 unspecified atom stereocenters. The third-order valence-corrected chi connectivity index (χ3v) is 0.898. The molecular weight excluding hydrogens is 170 g/mol. The Morgan fingerprint density at radius 3 is 2.15 bits per heavy atom. The van der Waals surface area contributed by atoms with Gasteiger partial charge in [0.05, 0.1) is 20.1 Å². The largest absolute Gasteiger partial charge is 0.545 e. The van der Waals surface area contributed by atoms with E-state index in [1.54, 1.807) is 6.92 Å². The lowest BCUT2D eigenvalue weighted by molar-refractivity contribution is -0.880. The van der Waals surface area contributed by atoms with E-state index in [9.17, 15) is 9.90 Å². The Labute approximate surface area is 79.8 Å². The Bertz CT molecular complexity index is 144. The number of hydrogen-bond acceptors (Lipinski definition) is 3. The highest BCUT2D eigenvalue weighted by Gasteiger charge is 1.85. The fraction of sp³-hybridized carbons (Fsp3) is 0.667. The minimum atomic E-state index is -1.14. The monoisotopic (exact) mass is 189 g/mol. The number of aliphatic carboxylic acids is 1. The standard InChI is InChI=1S/C5H13NO.C4H6O2/c1-4-7-5-6(2)3;1-2-3-4(5)6/h4-5H2,1-3H3;2-3H,1H3,(H,5,6)/b;3-2+. The fourth-order valence-electron chi connectivity index (χ4n) is 0.442. The van der Waals surface area contributed by atoms with Crippen molar-refractivity contribution >= 4 is 5.97 Å². The molecule has 4 nitrogen and oxygen atoms in total. The Morgan fingerprint density at radius 1 is 1.54 bits per heavy atom. The van der Waals surface area contributed by atoms with E-state index < -0.39 is 5.97 Å². The lowest BCUT2D eigenvalue weighted by atomic mass is 10.5. The van der Waals surface area contributed by atoms with Crippen LogP contribution < -0.4 is 10.0 Å². The Balaban J connectivity index is 0. The van der Waals surface area contributed by atoms with E-state index in [1.807, 2.05) is 6.92 Å². The van der Waals surface area contributed by atoms with Gasteiger partial charge in [-0.3, -0.25) is 0 Å². The highest BCUT2D eigenvalue weighted by molar-refractivity contribution is 5.77. The molecule has 0 saturated heterocycles. The summed E-state index contributed by atoms with van der Waals surface area (Å²) in [7, 11) is 4.13. The summed E-state index contributed by atoms with van der Waals surface area (Å²) in [5.41, 5.74) is 0. The molecule has 0 aliphatic rings. The van der Waals surface area contributed by atoms with Crippen LogP contribution in [0.15, 0.2) is 12.2 Å². The minimum absolute atomic E-state index is 0.816. The fourth-order valence-corrected chi connectivity index (χ4v) is 0.442. The van der Waals surface area contributed by atoms with Gasteiger partial charge in [0, 0.05) is 6.61 Å². The maximum Gasteiger partial charge on any atom is 0.181 e. The van der Waals surface area contributed by atoms with E-state index in [0.29, 0.717) is 0 Å². The summed E-state index contributed by atoms with van der Waals surface area (Å²) >= 11 is 0. The molecular formula is C9H19NO3. The normalized spacial score (nSPS) is 9.92. The molecule has 4 heteroatoms. The summed E-state index contributed by atoms with van der Waals surface area (Å²) in [6, 6.07) is 0. The topological polar surface area (TPSA) is 53.8 Å². The molecule has 78 valence electrons. The van der Waals surface area contributed by atoms with Gasteiger partial charge in [0.15, 0.2) is 6.73 Å².